The lowest BCUT2D eigenvalue weighted by molar-refractivity contribution is -0.122. The van der Waals surface area contributed by atoms with Gasteiger partial charge in [-0.3, -0.25) is 8.32 Å². The Labute approximate surface area is 99.9 Å². The summed E-state index contributed by atoms with van der Waals surface area (Å²) in [4.78, 5) is 11.3. The number of carbonyl (C=O) groups is 1. The Morgan fingerprint density at radius 3 is 2.36 bits per heavy atom. The molecule has 2 N–H and O–H groups in total. The molecule has 0 saturated heterocycles. The molecule has 3 nitrogen and oxygen atoms in total. The molecular weight excluding hydrogens is 291 g/mol. The minimum absolute atomic E-state index is 0.221. The standard InChI is InChI=1S/C10H19IN2O/c1-2-3-10(14)12-8-4-6-9(13-11)7-5-8/h8-9,13H,2-7H2,1H3,(H,12,14). The molecule has 14 heavy (non-hydrogen) atoms. The number of carbonyl (C=O) groups excluding carboxylic acids is 1. The third-order valence-corrected chi connectivity index (χ3v) is 3.60. The zero-order valence-electron chi connectivity index (χ0n) is 8.68. The lowest BCUT2D eigenvalue weighted by atomic mass is 9.92. The fraction of sp³-hybridized carbons (Fsp3) is 0.900. The van der Waals surface area contributed by atoms with Crippen LogP contribution in [-0.4, -0.2) is 18.0 Å². The third kappa shape index (κ3) is 4.13. The molecule has 4 heteroatoms. The van der Waals surface area contributed by atoms with E-state index < -0.39 is 0 Å². The van der Waals surface area contributed by atoms with Crippen LogP contribution in [0.3, 0.4) is 0 Å². The summed E-state index contributed by atoms with van der Waals surface area (Å²) < 4.78 is 3.26. The quantitative estimate of drug-likeness (QED) is 0.617. The van der Waals surface area contributed by atoms with Gasteiger partial charge in [-0.05, 0) is 32.1 Å². The van der Waals surface area contributed by atoms with E-state index in [4.69, 9.17) is 0 Å². The molecule has 0 unspecified atom stereocenters. The topological polar surface area (TPSA) is 41.1 Å². The number of nitrogens with one attached hydrogen (secondary N) is 2. The molecule has 0 aliphatic heterocycles. The molecule has 0 aromatic rings. The lowest BCUT2D eigenvalue weighted by Gasteiger charge is -2.28. The largest absolute Gasteiger partial charge is 0.353 e. The fourth-order valence-electron chi connectivity index (χ4n) is 1.87. The van der Waals surface area contributed by atoms with Gasteiger partial charge in [0.25, 0.3) is 0 Å². The highest BCUT2D eigenvalue weighted by molar-refractivity contribution is 14.1. The van der Waals surface area contributed by atoms with Gasteiger partial charge in [0.15, 0.2) is 0 Å². The maximum atomic E-state index is 11.3. The zero-order chi connectivity index (χ0) is 10.4. The second-order valence-electron chi connectivity index (χ2n) is 3.98. The molecule has 0 spiro atoms. The van der Waals surface area contributed by atoms with Crippen LogP contribution < -0.4 is 8.85 Å². The van der Waals surface area contributed by atoms with Crippen molar-refractivity contribution in [2.45, 2.75) is 57.5 Å². The minimum Gasteiger partial charge on any atom is -0.353 e. The van der Waals surface area contributed by atoms with Gasteiger partial charge in [0.2, 0.25) is 5.91 Å². The molecule has 0 heterocycles. The van der Waals surface area contributed by atoms with E-state index >= 15 is 0 Å². The van der Waals surface area contributed by atoms with E-state index in [9.17, 15) is 4.79 Å². The molecule has 1 fully saturated rings. The molecule has 1 aliphatic carbocycles. The monoisotopic (exact) mass is 310 g/mol. The van der Waals surface area contributed by atoms with Crippen molar-refractivity contribution in [1.82, 2.24) is 8.85 Å². The molecule has 82 valence electrons. The maximum absolute atomic E-state index is 11.3. The van der Waals surface area contributed by atoms with Crippen LogP contribution in [0.4, 0.5) is 0 Å². The zero-order valence-corrected chi connectivity index (χ0v) is 10.8. The summed E-state index contributed by atoms with van der Waals surface area (Å²) in [5.74, 6) is 0.221. The molecular formula is C10H19IN2O. The number of hydrogen-bond donors (Lipinski definition) is 2. The van der Waals surface area contributed by atoms with E-state index in [2.05, 4.69) is 31.7 Å². The molecule has 0 atom stereocenters. The second kappa shape index (κ2) is 6.61. The van der Waals surface area contributed by atoms with E-state index in [1.807, 2.05) is 6.92 Å². The van der Waals surface area contributed by atoms with Crippen LogP contribution in [-0.2, 0) is 4.79 Å². The molecule has 0 aromatic heterocycles. The van der Waals surface area contributed by atoms with E-state index in [0.29, 0.717) is 18.5 Å². The van der Waals surface area contributed by atoms with Crippen molar-refractivity contribution in [3.63, 3.8) is 0 Å². The highest BCUT2D eigenvalue weighted by Gasteiger charge is 2.21. The Balaban J connectivity index is 2.18. The maximum Gasteiger partial charge on any atom is 0.220 e. The molecule has 0 aromatic carbocycles. The van der Waals surface area contributed by atoms with Gasteiger partial charge in [-0.2, -0.15) is 0 Å². The van der Waals surface area contributed by atoms with Crippen molar-refractivity contribution in [3.8, 4) is 0 Å². The van der Waals surface area contributed by atoms with Gasteiger partial charge in [-0.1, -0.05) is 6.92 Å². The SMILES string of the molecule is CCCC(=O)NC1CCC(NI)CC1. The molecule has 1 rings (SSSR count). The number of rotatable bonds is 4. The third-order valence-electron chi connectivity index (χ3n) is 2.72. The van der Waals surface area contributed by atoms with Gasteiger partial charge in [0.05, 0.1) is 0 Å². The van der Waals surface area contributed by atoms with Crippen LogP contribution in [0.5, 0.6) is 0 Å². The molecule has 1 amide bonds. The van der Waals surface area contributed by atoms with E-state index in [-0.39, 0.29) is 5.91 Å². The Morgan fingerprint density at radius 1 is 1.29 bits per heavy atom. The predicted molar refractivity (Wildman–Crippen MR) is 66.3 cm³/mol. The normalized spacial score (nSPS) is 27.3. The highest BCUT2D eigenvalue weighted by Crippen LogP contribution is 2.19. The fourth-order valence-corrected chi connectivity index (χ4v) is 2.50. The van der Waals surface area contributed by atoms with Gasteiger partial charge in [0.1, 0.15) is 0 Å². The Morgan fingerprint density at radius 2 is 1.86 bits per heavy atom. The predicted octanol–water partition coefficient (Wildman–Crippen LogP) is 2.15. The highest BCUT2D eigenvalue weighted by atomic mass is 127. The van der Waals surface area contributed by atoms with Gasteiger partial charge in [-0.25, -0.2) is 0 Å². The van der Waals surface area contributed by atoms with Crippen molar-refractivity contribution in [3.05, 3.63) is 0 Å². The van der Waals surface area contributed by atoms with E-state index in [0.717, 1.165) is 19.3 Å². The van der Waals surface area contributed by atoms with E-state index in [1.165, 1.54) is 12.8 Å². The van der Waals surface area contributed by atoms with Crippen molar-refractivity contribution >= 4 is 28.8 Å². The summed E-state index contributed by atoms with van der Waals surface area (Å²) in [7, 11) is 0. The minimum atomic E-state index is 0.221. The summed E-state index contributed by atoms with van der Waals surface area (Å²) in [6.07, 6.45) is 6.22. The Kier molecular flexibility index (Phi) is 5.77. The van der Waals surface area contributed by atoms with Crippen LogP contribution in [0.25, 0.3) is 0 Å². The van der Waals surface area contributed by atoms with Crippen LogP contribution in [0, 0.1) is 0 Å². The van der Waals surface area contributed by atoms with Crippen molar-refractivity contribution in [1.29, 1.82) is 0 Å². The summed E-state index contributed by atoms with van der Waals surface area (Å²) in [6.45, 7) is 2.04. The van der Waals surface area contributed by atoms with Gasteiger partial charge < -0.3 is 5.32 Å². The molecule has 1 aliphatic rings. The molecule has 0 radical (unpaired) electrons. The van der Waals surface area contributed by atoms with Gasteiger partial charge in [0, 0.05) is 41.4 Å². The van der Waals surface area contributed by atoms with E-state index in [1.54, 1.807) is 0 Å². The second-order valence-corrected chi connectivity index (χ2v) is 4.60. The van der Waals surface area contributed by atoms with Gasteiger partial charge >= 0.3 is 0 Å². The van der Waals surface area contributed by atoms with Crippen LogP contribution in [0.1, 0.15) is 45.4 Å². The summed E-state index contributed by atoms with van der Waals surface area (Å²) in [5.41, 5.74) is 0. The molecule has 0 bridgehead atoms. The van der Waals surface area contributed by atoms with Crippen LogP contribution in [0.2, 0.25) is 0 Å². The molecule has 1 saturated carbocycles. The summed E-state index contributed by atoms with van der Waals surface area (Å²) in [5, 5.41) is 3.10. The first-order valence-corrected chi connectivity index (χ1v) is 6.49. The number of amides is 1. The van der Waals surface area contributed by atoms with Crippen LogP contribution >= 0.6 is 22.9 Å². The average molecular weight is 310 g/mol. The number of halogens is 1. The first-order chi connectivity index (χ1) is 6.76. The smallest absolute Gasteiger partial charge is 0.220 e. The van der Waals surface area contributed by atoms with Crippen molar-refractivity contribution < 1.29 is 4.79 Å². The Hall–Kier alpha value is 0.160. The van der Waals surface area contributed by atoms with Crippen molar-refractivity contribution in [2.75, 3.05) is 0 Å². The lowest BCUT2D eigenvalue weighted by Crippen LogP contribution is -2.40. The Bertz CT molecular complexity index is 179. The summed E-state index contributed by atoms with van der Waals surface area (Å²) >= 11 is 2.22. The van der Waals surface area contributed by atoms with Gasteiger partial charge in [-0.15, -0.1) is 0 Å². The average Bonchev–Trinajstić information content (AvgIpc) is 2.19. The first-order valence-electron chi connectivity index (χ1n) is 5.41. The number of hydrogen-bond acceptors (Lipinski definition) is 2. The van der Waals surface area contributed by atoms with Crippen LogP contribution in [0.15, 0.2) is 0 Å². The summed E-state index contributed by atoms with van der Waals surface area (Å²) in [6, 6.07) is 1.07. The first kappa shape index (κ1) is 12.2. The van der Waals surface area contributed by atoms with Crippen molar-refractivity contribution in [2.24, 2.45) is 0 Å².